The lowest BCUT2D eigenvalue weighted by atomic mass is 10.2. The molecule has 2 N–H and O–H groups in total. The van der Waals surface area contributed by atoms with Crippen molar-refractivity contribution in [2.45, 2.75) is 26.2 Å². The van der Waals surface area contributed by atoms with Gasteiger partial charge in [0.25, 0.3) is 0 Å². The second kappa shape index (κ2) is 9.66. The predicted molar refractivity (Wildman–Crippen MR) is 109 cm³/mol. The normalized spacial score (nSPS) is 14.1. The Bertz CT molecular complexity index is 634. The minimum Gasteiger partial charge on any atom is -0.357 e. The maximum Gasteiger partial charge on any atom is 0.191 e. The van der Waals surface area contributed by atoms with Gasteiger partial charge >= 0.3 is 0 Å². The molecule has 1 aliphatic carbocycles. The van der Waals surface area contributed by atoms with Crippen LogP contribution < -0.4 is 10.6 Å². The van der Waals surface area contributed by atoms with Crippen LogP contribution in [-0.4, -0.2) is 35.4 Å². The van der Waals surface area contributed by atoms with Gasteiger partial charge in [-0.25, -0.2) is 4.68 Å². The zero-order chi connectivity index (χ0) is 15.9. The summed E-state index contributed by atoms with van der Waals surface area (Å²) in [6, 6.07) is 10.2. The fraction of sp³-hybridized carbons (Fsp3) is 0.444. The maximum absolute atomic E-state index is 4.63. The highest BCUT2D eigenvalue weighted by Crippen LogP contribution is 2.28. The third-order valence-corrected chi connectivity index (χ3v) is 3.91. The average Bonchev–Trinajstić information content (AvgIpc) is 3.30. The SMILES string of the molecule is CCNC(=NCC1CC1)NCCc1cnn(-c2ccccc2)c1.I. The highest BCUT2D eigenvalue weighted by Gasteiger charge is 2.20. The summed E-state index contributed by atoms with van der Waals surface area (Å²) in [7, 11) is 0. The Balaban J connectivity index is 0.00000208. The van der Waals surface area contributed by atoms with Crippen LogP contribution in [0.5, 0.6) is 0 Å². The van der Waals surface area contributed by atoms with Gasteiger partial charge in [0.15, 0.2) is 5.96 Å². The summed E-state index contributed by atoms with van der Waals surface area (Å²) < 4.78 is 1.92. The van der Waals surface area contributed by atoms with E-state index in [-0.39, 0.29) is 24.0 Å². The van der Waals surface area contributed by atoms with Gasteiger partial charge in [-0.2, -0.15) is 5.10 Å². The van der Waals surface area contributed by atoms with E-state index in [0.29, 0.717) is 0 Å². The molecule has 1 aromatic carbocycles. The molecule has 24 heavy (non-hydrogen) atoms. The summed E-state index contributed by atoms with van der Waals surface area (Å²) >= 11 is 0. The maximum atomic E-state index is 4.63. The van der Waals surface area contributed by atoms with Gasteiger partial charge in [0.1, 0.15) is 0 Å². The fourth-order valence-corrected chi connectivity index (χ4v) is 2.40. The Morgan fingerprint density at radius 2 is 2.04 bits per heavy atom. The lowest BCUT2D eigenvalue weighted by molar-refractivity contribution is 0.776. The molecule has 5 nitrogen and oxygen atoms in total. The van der Waals surface area contributed by atoms with E-state index in [9.17, 15) is 0 Å². The van der Waals surface area contributed by atoms with Crippen LogP contribution >= 0.6 is 24.0 Å². The number of aromatic nitrogens is 2. The van der Waals surface area contributed by atoms with E-state index in [4.69, 9.17) is 0 Å². The molecule has 0 aliphatic heterocycles. The van der Waals surface area contributed by atoms with Crippen molar-refractivity contribution in [3.05, 3.63) is 48.3 Å². The predicted octanol–water partition coefficient (Wildman–Crippen LogP) is 3.00. The van der Waals surface area contributed by atoms with Gasteiger partial charge in [-0.3, -0.25) is 4.99 Å². The number of rotatable bonds is 7. The van der Waals surface area contributed by atoms with Gasteiger partial charge < -0.3 is 10.6 Å². The molecule has 1 aromatic heterocycles. The van der Waals surface area contributed by atoms with Crippen LogP contribution in [0, 0.1) is 5.92 Å². The van der Waals surface area contributed by atoms with Crippen LogP contribution in [0.3, 0.4) is 0 Å². The van der Waals surface area contributed by atoms with Gasteiger partial charge in [-0.15, -0.1) is 24.0 Å². The first kappa shape index (κ1) is 18.8. The summed E-state index contributed by atoms with van der Waals surface area (Å²) in [5.74, 6) is 1.74. The standard InChI is InChI=1S/C18H25N5.HI/c1-2-19-18(21-12-15-8-9-15)20-11-10-16-13-22-23(14-16)17-6-4-3-5-7-17;/h3-7,13-15H,2,8-12H2,1H3,(H2,19,20,21);1H. The minimum absolute atomic E-state index is 0. The molecule has 0 radical (unpaired) electrons. The van der Waals surface area contributed by atoms with E-state index in [0.717, 1.165) is 43.6 Å². The zero-order valence-electron chi connectivity index (χ0n) is 14.1. The van der Waals surface area contributed by atoms with E-state index < -0.39 is 0 Å². The van der Waals surface area contributed by atoms with Crippen molar-refractivity contribution in [3.8, 4) is 5.69 Å². The van der Waals surface area contributed by atoms with E-state index in [1.54, 1.807) is 0 Å². The van der Waals surface area contributed by atoms with Gasteiger partial charge in [-0.1, -0.05) is 18.2 Å². The molecular weight excluding hydrogens is 413 g/mol. The summed E-state index contributed by atoms with van der Waals surface area (Å²) in [6.07, 6.45) is 7.62. The number of halogens is 1. The molecule has 0 bridgehead atoms. The summed E-state index contributed by atoms with van der Waals surface area (Å²) in [4.78, 5) is 4.63. The largest absolute Gasteiger partial charge is 0.357 e. The van der Waals surface area contributed by atoms with Crippen molar-refractivity contribution in [2.24, 2.45) is 10.9 Å². The fourth-order valence-electron chi connectivity index (χ4n) is 2.40. The molecule has 0 amide bonds. The Kier molecular flexibility index (Phi) is 7.55. The van der Waals surface area contributed by atoms with Crippen molar-refractivity contribution < 1.29 is 0 Å². The second-order valence-corrected chi connectivity index (χ2v) is 5.97. The van der Waals surface area contributed by atoms with E-state index in [1.165, 1.54) is 18.4 Å². The van der Waals surface area contributed by atoms with Gasteiger partial charge in [0.05, 0.1) is 11.9 Å². The van der Waals surface area contributed by atoms with Crippen LogP contribution in [0.25, 0.3) is 5.69 Å². The number of benzene rings is 1. The number of hydrogen-bond acceptors (Lipinski definition) is 2. The first-order chi connectivity index (χ1) is 11.3. The van der Waals surface area contributed by atoms with Crippen LogP contribution in [0.2, 0.25) is 0 Å². The number of nitrogens with one attached hydrogen (secondary N) is 2. The van der Waals surface area contributed by atoms with Gasteiger partial charge in [-0.05, 0) is 49.8 Å². The number of para-hydroxylation sites is 1. The van der Waals surface area contributed by atoms with Crippen molar-refractivity contribution in [1.29, 1.82) is 0 Å². The average molecular weight is 439 g/mol. The molecule has 0 unspecified atom stereocenters. The summed E-state index contributed by atoms with van der Waals surface area (Å²) in [5.41, 5.74) is 2.31. The molecule has 1 fully saturated rings. The van der Waals surface area contributed by atoms with E-state index >= 15 is 0 Å². The van der Waals surface area contributed by atoms with Crippen molar-refractivity contribution >= 4 is 29.9 Å². The van der Waals surface area contributed by atoms with Crippen LogP contribution in [0.15, 0.2) is 47.7 Å². The monoisotopic (exact) mass is 439 g/mol. The first-order valence-electron chi connectivity index (χ1n) is 8.46. The number of aliphatic imine (C=N–C) groups is 1. The number of nitrogens with zero attached hydrogens (tertiary/aromatic N) is 3. The Morgan fingerprint density at radius 3 is 2.75 bits per heavy atom. The molecule has 2 aromatic rings. The van der Waals surface area contributed by atoms with E-state index in [2.05, 4.69) is 46.0 Å². The molecule has 6 heteroatoms. The quantitative estimate of drug-likeness (QED) is 0.396. The van der Waals surface area contributed by atoms with Crippen LogP contribution in [0.1, 0.15) is 25.3 Å². The molecule has 1 aliphatic rings. The van der Waals surface area contributed by atoms with Crippen molar-refractivity contribution in [3.63, 3.8) is 0 Å². The van der Waals surface area contributed by atoms with E-state index in [1.807, 2.05) is 29.1 Å². The lowest BCUT2D eigenvalue weighted by Crippen LogP contribution is -2.38. The number of hydrogen-bond donors (Lipinski definition) is 2. The first-order valence-corrected chi connectivity index (χ1v) is 8.46. The minimum atomic E-state index is 0. The second-order valence-electron chi connectivity index (χ2n) is 5.97. The van der Waals surface area contributed by atoms with Crippen LogP contribution in [0.4, 0.5) is 0 Å². The molecule has 130 valence electrons. The lowest BCUT2D eigenvalue weighted by Gasteiger charge is -2.10. The molecule has 3 rings (SSSR count). The van der Waals surface area contributed by atoms with Gasteiger partial charge in [0.2, 0.25) is 0 Å². The van der Waals surface area contributed by atoms with Crippen molar-refractivity contribution in [1.82, 2.24) is 20.4 Å². The molecule has 0 spiro atoms. The van der Waals surface area contributed by atoms with Gasteiger partial charge in [0, 0.05) is 25.8 Å². The smallest absolute Gasteiger partial charge is 0.191 e. The summed E-state index contributed by atoms with van der Waals surface area (Å²) in [6.45, 7) is 4.79. The van der Waals surface area contributed by atoms with Crippen molar-refractivity contribution in [2.75, 3.05) is 19.6 Å². The Labute approximate surface area is 161 Å². The molecule has 0 saturated heterocycles. The third kappa shape index (κ3) is 5.81. The Morgan fingerprint density at radius 1 is 1.25 bits per heavy atom. The van der Waals surface area contributed by atoms with Crippen LogP contribution in [-0.2, 0) is 6.42 Å². The summed E-state index contributed by atoms with van der Waals surface area (Å²) in [5, 5.41) is 11.1. The zero-order valence-corrected chi connectivity index (χ0v) is 16.4. The third-order valence-electron chi connectivity index (χ3n) is 3.91. The highest BCUT2D eigenvalue weighted by atomic mass is 127. The molecular formula is C18H26IN5. The topological polar surface area (TPSA) is 54.2 Å². The molecule has 0 atom stereocenters. The Hall–Kier alpha value is -1.57. The molecule has 1 saturated carbocycles. The highest BCUT2D eigenvalue weighted by molar-refractivity contribution is 14.0. The number of guanidine groups is 1. The molecule has 1 heterocycles.